The Morgan fingerprint density at radius 2 is 2.00 bits per heavy atom. The van der Waals surface area contributed by atoms with Crippen LogP contribution in [0.25, 0.3) is 0 Å². The van der Waals surface area contributed by atoms with E-state index in [0.29, 0.717) is 17.3 Å². The molecule has 0 unspecified atom stereocenters. The van der Waals surface area contributed by atoms with Crippen LogP contribution >= 0.6 is 27.5 Å². The van der Waals surface area contributed by atoms with Crippen molar-refractivity contribution in [1.29, 1.82) is 0 Å². The molecule has 0 saturated carbocycles. The Labute approximate surface area is 118 Å². The standard InChI is InChI=1S/C13H10BrClN2O/c14-11-2-1-7-16-12(11)17-13(18)10-5-3-9(8-15)4-6-10/h1-7H,8H2,(H,16,17,18). The largest absolute Gasteiger partial charge is 0.306 e. The molecular weight excluding hydrogens is 316 g/mol. The zero-order valence-corrected chi connectivity index (χ0v) is 11.7. The number of alkyl halides is 1. The summed E-state index contributed by atoms with van der Waals surface area (Å²) in [6.07, 6.45) is 1.62. The van der Waals surface area contributed by atoms with Crippen molar-refractivity contribution in [3.8, 4) is 0 Å². The van der Waals surface area contributed by atoms with E-state index < -0.39 is 0 Å². The fourth-order valence-corrected chi connectivity index (χ4v) is 1.93. The fourth-order valence-electron chi connectivity index (χ4n) is 1.40. The molecule has 1 aromatic heterocycles. The van der Waals surface area contributed by atoms with Crippen molar-refractivity contribution in [2.75, 3.05) is 5.32 Å². The summed E-state index contributed by atoms with van der Waals surface area (Å²) in [7, 11) is 0. The highest BCUT2D eigenvalue weighted by Gasteiger charge is 2.08. The van der Waals surface area contributed by atoms with Crippen LogP contribution in [0.3, 0.4) is 0 Å². The number of carbonyl (C=O) groups is 1. The van der Waals surface area contributed by atoms with Crippen molar-refractivity contribution in [3.63, 3.8) is 0 Å². The van der Waals surface area contributed by atoms with Crippen molar-refractivity contribution in [2.45, 2.75) is 5.88 Å². The average molecular weight is 326 g/mol. The first-order valence-corrected chi connectivity index (χ1v) is 6.60. The van der Waals surface area contributed by atoms with E-state index in [9.17, 15) is 4.79 Å². The number of hydrogen-bond acceptors (Lipinski definition) is 2. The number of amides is 1. The van der Waals surface area contributed by atoms with Gasteiger partial charge in [-0.15, -0.1) is 11.6 Å². The quantitative estimate of drug-likeness (QED) is 0.871. The number of benzene rings is 1. The summed E-state index contributed by atoms with van der Waals surface area (Å²) < 4.78 is 0.746. The Kier molecular flexibility index (Phi) is 4.33. The summed E-state index contributed by atoms with van der Waals surface area (Å²) in [5.41, 5.74) is 1.55. The maximum atomic E-state index is 12.0. The van der Waals surface area contributed by atoms with Gasteiger partial charge in [0.1, 0.15) is 5.82 Å². The highest BCUT2D eigenvalue weighted by molar-refractivity contribution is 9.10. The number of aromatic nitrogens is 1. The molecule has 0 spiro atoms. The first kappa shape index (κ1) is 13.1. The molecule has 3 nitrogen and oxygen atoms in total. The molecular formula is C13H10BrClN2O. The molecule has 1 heterocycles. The minimum atomic E-state index is -0.199. The second-order valence-corrected chi connectivity index (χ2v) is 4.74. The lowest BCUT2D eigenvalue weighted by Gasteiger charge is -2.06. The Hall–Kier alpha value is -1.39. The van der Waals surface area contributed by atoms with Crippen LogP contribution in [0.2, 0.25) is 0 Å². The summed E-state index contributed by atoms with van der Waals surface area (Å²) in [5, 5.41) is 2.73. The van der Waals surface area contributed by atoms with Gasteiger partial charge in [0, 0.05) is 17.6 Å². The van der Waals surface area contributed by atoms with Gasteiger partial charge in [-0.3, -0.25) is 4.79 Å². The number of halogens is 2. The van der Waals surface area contributed by atoms with Gasteiger partial charge in [-0.2, -0.15) is 0 Å². The van der Waals surface area contributed by atoms with Crippen LogP contribution in [0, 0.1) is 0 Å². The SMILES string of the molecule is O=C(Nc1ncccc1Br)c1ccc(CCl)cc1. The fraction of sp³-hybridized carbons (Fsp3) is 0.0769. The van der Waals surface area contributed by atoms with Gasteiger partial charge in [0.2, 0.25) is 0 Å². The summed E-state index contributed by atoms with van der Waals surface area (Å²) in [5.74, 6) is 0.743. The van der Waals surface area contributed by atoms with E-state index in [1.165, 1.54) is 0 Å². The number of rotatable bonds is 3. The summed E-state index contributed by atoms with van der Waals surface area (Å²) >= 11 is 9.02. The zero-order chi connectivity index (χ0) is 13.0. The van der Waals surface area contributed by atoms with Gasteiger partial charge in [0.25, 0.3) is 5.91 Å². The topological polar surface area (TPSA) is 42.0 Å². The van der Waals surface area contributed by atoms with Crippen molar-refractivity contribution < 1.29 is 4.79 Å². The van der Waals surface area contributed by atoms with Crippen LogP contribution in [-0.2, 0) is 5.88 Å². The molecule has 1 aromatic carbocycles. The lowest BCUT2D eigenvalue weighted by Crippen LogP contribution is -2.13. The van der Waals surface area contributed by atoms with E-state index in [-0.39, 0.29) is 5.91 Å². The molecule has 0 saturated heterocycles. The molecule has 2 rings (SSSR count). The molecule has 1 amide bonds. The van der Waals surface area contributed by atoms with Crippen LogP contribution in [0.1, 0.15) is 15.9 Å². The molecule has 5 heteroatoms. The van der Waals surface area contributed by atoms with Gasteiger partial charge in [-0.25, -0.2) is 4.98 Å². The van der Waals surface area contributed by atoms with E-state index in [0.717, 1.165) is 10.0 Å². The molecule has 2 aromatic rings. The molecule has 0 fully saturated rings. The van der Waals surface area contributed by atoms with Gasteiger partial charge >= 0.3 is 0 Å². The molecule has 1 N–H and O–H groups in total. The number of hydrogen-bond donors (Lipinski definition) is 1. The minimum Gasteiger partial charge on any atom is -0.306 e. The first-order valence-electron chi connectivity index (χ1n) is 5.27. The van der Waals surface area contributed by atoms with Gasteiger partial charge in [-0.1, -0.05) is 12.1 Å². The predicted molar refractivity (Wildman–Crippen MR) is 75.9 cm³/mol. The Balaban J connectivity index is 2.14. The number of carbonyl (C=O) groups excluding carboxylic acids is 1. The number of pyridine rings is 1. The third kappa shape index (κ3) is 3.09. The second kappa shape index (κ2) is 5.98. The van der Waals surface area contributed by atoms with Crippen LogP contribution in [0.15, 0.2) is 47.1 Å². The highest BCUT2D eigenvalue weighted by Crippen LogP contribution is 2.19. The van der Waals surface area contributed by atoms with E-state index in [2.05, 4.69) is 26.2 Å². The lowest BCUT2D eigenvalue weighted by atomic mass is 10.1. The lowest BCUT2D eigenvalue weighted by molar-refractivity contribution is 0.102. The smallest absolute Gasteiger partial charge is 0.256 e. The van der Waals surface area contributed by atoms with Gasteiger partial charge in [0.15, 0.2) is 0 Å². The molecule has 0 aliphatic rings. The van der Waals surface area contributed by atoms with E-state index in [1.807, 2.05) is 18.2 Å². The van der Waals surface area contributed by atoms with Crippen molar-refractivity contribution in [3.05, 3.63) is 58.2 Å². The molecule has 0 aliphatic carbocycles. The van der Waals surface area contributed by atoms with Crippen molar-refractivity contribution >= 4 is 39.3 Å². The van der Waals surface area contributed by atoms with E-state index in [1.54, 1.807) is 24.4 Å². The maximum Gasteiger partial charge on any atom is 0.256 e. The summed E-state index contributed by atoms with van der Waals surface area (Å²) in [4.78, 5) is 16.0. The van der Waals surface area contributed by atoms with Crippen LogP contribution in [0.4, 0.5) is 5.82 Å². The molecule has 0 radical (unpaired) electrons. The van der Waals surface area contributed by atoms with Crippen molar-refractivity contribution in [2.24, 2.45) is 0 Å². The number of anilines is 1. The molecule has 18 heavy (non-hydrogen) atoms. The number of nitrogens with zero attached hydrogens (tertiary/aromatic N) is 1. The highest BCUT2D eigenvalue weighted by atomic mass is 79.9. The average Bonchev–Trinajstić information content (AvgIpc) is 2.41. The Morgan fingerprint density at radius 1 is 1.28 bits per heavy atom. The molecule has 0 aliphatic heterocycles. The normalized spacial score (nSPS) is 10.1. The first-order chi connectivity index (χ1) is 8.70. The third-order valence-electron chi connectivity index (χ3n) is 2.36. The summed E-state index contributed by atoms with van der Waals surface area (Å²) in [6, 6.07) is 10.7. The predicted octanol–water partition coefficient (Wildman–Crippen LogP) is 3.84. The van der Waals surface area contributed by atoms with Gasteiger partial charge in [-0.05, 0) is 45.8 Å². The third-order valence-corrected chi connectivity index (χ3v) is 3.31. The molecule has 0 bridgehead atoms. The van der Waals surface area contributed by atoms with Crippen molar-refractivity contribution in [1.82, 2.24) is 4.98 Å². The van der Waals surface area contributed by atoms with Crippen LogP contribution in [0.5, 0.6) is 0 Å². The minimum absolute atomic E-state index is 0.199. The second-order valence-electron chi connectivity index (χ2n) is 3.62. The molecule has 92 valence electrons. The van der Waals surface area contributed by atoms with E-state index >= 15 is 0 Å². The summed E-state index contributed by atoms with van der Waals surface area (Å²) in [6.45, 7) is 0. The van der Waals surface area contributed by atoms with Crippen LogP contribution in [-0.4, -0.2) is 10.9 Å². The zero-order valence-electron chi connectivity index (χ0n) is 9.36. The monoisotopic (exact) mass is 324 g/mol. The van der Waals surface area contributed by atoms with Gasteiger partial charge in [0.05, 0.1) is 4.47 Å². The Morgan fingerprint density at radius 3 is 2.61 bits per heavy atom. The maximum absolute atomic E-state index is 12.0. The Bertz CT molecular complexity index is 557. The number of nitrogens with one attached hydrogen (secondary N) is 1. The van der Waals surface area contributed by atoms with Crippen LogP contribution < -0.4 is 5.32 Å². The molecule has 0 atom stereocenters. The van der Waals surface area contributed by atoms with E-state index in [4.69, 9.17) is 11.6 Å². The van der Waals surface area contributed by atoms with Gasteiger partial charge < -0.3 is 5.32 Å².